The number of aryl methyl sites for hydroxylation is 1. The zero-order chi connectivity index (χ0) is 22.2. The van der Waals surface area contributed by atoms with Gasteiger partial charge in [-0.3, -0.25) is 9.59 Å². The molecule has 0 unspecified atom stereocenters. The molecule has 2 aliphatic heterocycles. The SMILES string of the molecule is CNC(=O)N1CC2(C1)C(=O)N(c1ccc(C#N)cc1)CC(=O)N2Cc1ccc(C)cc1. The van der Waals surface area contributed by atoms with E-state index in [0.717, 1.165) is 11.1 Å². The lowest BCUT2D eigenvalue weighted by molar-refractivity contribution is -0.161. The largest absolute Gasteiger partial charge is 0.341 e. The van der Waals surface area contributed by atoms with Crippen molar-refractivity contribution < 1.29 is 14.4 Å². The Kier molecular flexibility index (Phi) is 5.11. The Labute approximate surface area is 180 Å². The number of anilines is 1. The van der Waals surface area contributed by atoms with E-state index in [9.17, 15) is 14.4 Å². The number of hydrogen-bond acceptors (Lipinski definition) is 4. The van der Waals surface area contributed by atoms with Gasteiger partial charge in [-0.2, -0.15) is 5.26 Å². The molecule has 0 aliphatic carbocycles. The second kappa shape index (κ2) is 7.76. The van der Waals surface area contributed by atoms with Gasteiger partial charge in [-0.15, -0.1) is 0 Å². The fourth-order valence-corrected chi connectivity index (χ4v) is 4.13. The number of urea groups is 1. The third-order valence-electron chi connectivity index (χ3n) is 5.93. The quantitative estimate of drug-likeness (QED) is 0.821. The van der Waals surface area contributed by atoms with Crippen LogP contribution in [0.3, 0.4) is 0 Å². The maximum absolute atomic E-state index is 13.6. The zero-order valence-electron chi connectivity index (χ0n) is 17.5. The molecular formula is C23H23N5O3. The molecule has 0 saturated carbocycles. The molecule has 0 bridgehead atoms. The van der Waals surface area contributed by atoms with Crippen LogP contribution in [0.15, 0.2) is 48.5 Å². The molecule has 2 aromatic rings. The second-order valence-electron chi connectivity index (χ2n) is 7.96. The average Bonchev–Trinajstić information content (AvgIpc) is 2.76. The van der Waals surface area contributed by atoms with Gasteiger partial charge in [0.25, 0.3) is 5.91 Å². The van der Waals surface area contributed by atoms with Crippen LogP contribution in [0, 0.1) is 18.3 Å². The third-order valence-corrected chi connectivity index (χ3v) is 5.93. The van der Waals surface area contributed by atoms with Gasteiger partial charge in [-0.1, -0.05) is 29.8 Å². The number of carbonyl (C=O) groups excluding carboxylic acids is 3. The molecule has 8 heteroatoms. The Morgan fingerprint density at radius 2 is 1.74 bits per heavy atom. The van der Waals surface area contributed by atoms with Crippen LogP contribution in [0.5, 0.6) is 0 Å². The fraction of sp³-hybridized carbons (Fsp3) is 0.304. The summed E-state index contributed by atoms with van der Waals surface area (Å²) in [5.74, 6) is -0.398. The molecule has 0 atom stereocenters. The smallest absolute Gasteiger partial charge is 0.317 e. The van der Waals surface area contributed by atoms with Crippen LogP contribution in [0.2, 0.25) is 0 Å². The minimum absolute atomic E-state index is 0.0850. The van der Waals surface area contributed by atoms with Gasteiger partial charge in [0.15, 0.2) is 5.54 Å². The predicted molar refractivity (Wildman–Crippen MR) is 114 cm³/mol. The number of nitrogens with zero attached hydrogens (tertiary/aromatic N) is 4. The molecule has 2 saturated heterocycles. The van der Waals surface area contributed by atoms with E-state index in [4.69, 9.17) is 5.26 Å². The summed E-state index contributed by atoms with van der Waals surface area (Å²) >= 11 is 0. The monoisotopic (exact) mass is 417 g/mol. The normalized spacial score (nSPS) is 17.4. The van der Waals surface area contributed by atoms with Crippen LogP contribution in [0.25, 0.3) is 0 Å². The first-order chi connectivity index (χ1) is 14.9. The predicted octanol–water partition coefficient (Wildman–Crippen LogP) is 1.64. The molecule has 1 N–H and O–H groups in total. The van der Waals surface area contributed by atoms with Gasteiger partial charge in [-0.05, 0) is 36.8 Å². The Bertz CT molecular complexity index is 1070. The minimum Gasteiger partial charge on any atom is -0.341 e. The van der Waals surface area contributed by atoms with Gasteiger partial charge in [0, 0.05) is 19.3 Å². The Hall–Kier alpha value is -3.86. The van der Waals surface area contributed by atoms with Gasteiger partial charge in [-0.25, -0.2) is 4.79 Å². The molecule has 2 aromatic carbocycles. The lowest BCUT2D eigenvalue weighted by atomic mass is 9.83. The first kappa shape index (κ1) is 20.4. The van der Waals surface area contributed by atoms with Crippen LogP contribution in [0.4, 0.5) is 10.5 Å². The summed E-state index contributed by atoms with van der Waals surface area (Å²) in [6.45, 7) is 2.47. The second-order valence-corrected chi connectivity index (χ2v) is 7.96. The van der Waals surface area contributed by atoms with E-state index >= 15 is 0 Å². The van der Waals surface area contributed by atoms with E-state index in [-0.39, 0.29) is 37.5 Å². The molecule has 0 radical (unpaired) electrons. The molecule has 8 nitrogen and oxygen atoms in total. The van der Waals surface area contributed by atoms with E-state index in [0.29, 0.717) is 17.8 Å². The number of rotatable bonds is 3. The molecule has 31 heavy (non-hydrogen) atoms. The number of nitrogens with one attached hydrogen (secondary N) is 1. The lowest BCUT2D eigenvalue weighted by Crippen LogP contribution is -2.81. The summed E-state index contributed by atoms with van der Waals surface area (Å²) in [5.41, 5.74) is 1.97. The summed E-state index contributed by atoms with van der Waals surface area (Å²) in [6, 6.07) is 16.2. The van der Waals surface area contributed by atoms with Crippen LogP contribution in [-0.4, -0.2) is 59.9 Å². The van der Waals surface area contributed by atoms with Gasteiger partial charge in [0.1, 0.15) is 6.54 Å². The van der Waals surface area contributed by atoms with Gasteiger partial charge >= 0.3 is 6.03 Å². The number of benzene rings is 2. The Morgan fingerprint density at radius 3 is 2.32 bits per heavy atom. The zero-order valence-corrected chi connectivity index (χ0v) is 17.5. The number of amides is 4. The van der Waals surface area contributed by atoms with Crippen LogP contribution >= 0.6 is 0 Å². The van der Waals surface area contributed by atoms with Crippen molar-refractivity contribution in [2.75, 3.05) is 31.6 Å². The molecule has 158 valence electrons. The van der Waals surface area contributed by atoms with Crippen molar-refractivity contribution in [2.24, 2.45) is 0 Å². The molecule has 2 aliphatic rings. The maximum Gasteiger partial charge on any atom is 0.317 e. The van der Waals surface area contributed by atoms with E-state index in [1.807, 2.05) is 37.3 Å². The van der Waals surface area contributed by atoms with E-state index in [1.54, 1.807) is 29.2 Å². The highest BCUT2D eigenvalue weighted by atomic mass is 16.2. The standard InChI is InChI=1S/C23H23N5O3/c1-16-3-5-18(6-4-16)12-28-20(29)13-27(19-9-7-17(11-24)8-10-19)21(30)23(28)14-26(15-23)22(31)25-2/h3-10H,12-15H2,1-2H3,(H,25,31). The first-order valence-electron chi connectivity index (χ1n) is 10.0. The van der Waals surface area contributed by atoms with E-state index in [1.165, 1.54) is 16.8 Å². The first-order valence-corrected chi connectivity index (χ1v) is 10.0. The van der Waals surface area contributed by atoms with Crippen molar-refractivity contribution in [1.29, 1.82) is 5.26 Å². The number of likely N-dealkylation sites (tertiary alicyclic amines) is 1. The van der Waals surface area contributed by atoms with Crippen molar-refractivity contribution >= 4 is 23.5 Å². The van der Waals surface area contributed by atoms with Gasteiger partial charge in [0.2, 0.25) is 5.91 Å². The lowest BCUT2D eigenvalue weighted by Gasteiger charge is -2.57. The molecule has 4 rings (SSSR count). The molecule has 2 heterocycles. The minimum atomic E-state index is -1.11. The summed E-state index contributed by atoms with van der Waals surface area (Å²) in [7, 11) is 1.54. The Morgan fingerprint density at radius 1 is 1.10 bits per heavy atom. The molecule has 2 fully saturated rings. The van der Waals surface area contributed by atoms with Crippen LogP contribution < -0.4 is 10.2 Å². The van der Waals surface area contributed by atoms with Crippen LogP contribution in [0.1, 0.15) is 16.7 Å². The molecule has 0 aromatic heterocycles. The third kappa shape index (κ3) is 3.48. The highest BCUT2D eigenvalue weighted by Crippen LogP contribution is 2.36. The van der Waals surface area contributed by atoms with Crippen molar-refractivity contribution in [3.63, 3.8) is 0 Å². The number of piperazine rings is 1. The van der Waals surface area contributed by atoms with Gasteiger partial charge < -0.3 is 20.0 Å². The Balaban J connectivity index is 1.67. The van der Waals surface area contributed by atoms with Crippen molar-refractivity contribution in [1.82, 2.24) is 15.1 Å². The summed E-state index contributed by atoms with van der Waals surface area (Å²) in [5, 5.41) is 11.6. The van der Waals surface area contributed by atoms with Crippen molar-refractivity contribution in [3.05, 3.63) is 65.2 Å². The van der Waals surface area contributed by atoms with Crippen molar-refractivity contribution in [3.8, 4) is 6.07 Å². The number of carbonyl (C=O) groups is 3. The van der Waals surface area contributed by atoms with Gasteiger partial charge in [0.05, 0.1) is 24.7 Å². The maximum atomic E-state index is 13.6. The number of nitriles is 1. The van der Waals surface area contributed by atoms with Crippen molar-refractivity contribution in [2.45, 2.75) is 19.0 Å². The summed E-state index contributed by atoms with van der Waals surface area (Å²) < 4.78 is 0. The topological polar surface area (TPSA) is 96.7 Å². The fourth-order valence-electron chi connectivity index (χ4n) is 4.13. The number of hydrogen-bond donors (Lipinski definition) is 1. The highest BCUT2D eigenvalue weighted by Gasteiger charge is 2.60. The van der Waals surface area contributed by atoms with E-state index < -0.39 is 5.54 Å². The highest BCUT2D eigenvalue weighted by molar-refractivity contribution is 6.10. The molecular weight excluding hydrogens is 394 g/mol. The molecule has 4 amide bonds. The average molecular weight is 417 g/mol. The van der Waals surface area contributed by atoms with Crippen LogP contribution in [-0.2, 0) is 16.1 Å². The summed E-state index contributed by atoms with van der Waals surface area (Å²) in [4.78, 5) is 43.6. The summed E-state index contributed by atoms with van der Waals surface area (Å²) in [6.07, 6.45) is 0. The molecule has 1 spiro atoms. The van der Waals surface area contributed by atoms with E-state index in [2.05, 4.69) is 5.32 Å².